The molecule has 1 rings (SSSR count). The van der Waals surface area contributed by atoms with Crippen molar-refractivity contribution in [3.05, 3.63) is 23.3 Å². The molecule has 1 aromatic rings. The molecule has 0 spiro atoms. The number of nitrogen functional groups attached to an aromatic ring is 1. The van der Waals surface area contributed by atoms with Crippen molar-refractivity contribution in [2.24, 2.45) is 0 Å². The van der Waals surface area contributed by atoms with Crippen LogP contribution >= 0.6 is 0 Å². The minimum Gasteiger partial charge on any atom is -0.496 e. The molecule has 5 heteroatoms. The SMILES string of the molecule is COc1ccc(N)c(C)c1C(F)(F)F. The van der Waals surface area contributed by atoms with E-state index in [1.807, 2.05) is 0 Å². The van der Waals surface area contributed by atoms with Crippen LogP contribution in [0.4, 0.5) is 18.9 Å². The van der Waals surface area contributed by atoms with E-state index in [1.165, 1.54) is 26.2 Å². The first kappa shape index (κ1) is 10.7. The van der Waals surface area contributed by atoms with Gasteiger partial charge in [0.2, 0.25) is 0 Å². The van der Waals surface area contributed by atoms with E-state index in [1.54, 1.807) is 0 Å². The maximum absolute atomic E-state index is 12.5. The average molecular weight is 205 g/mol. The Morgan fingerprint density at radius 2 is 1.86 bits per heavy atom. The molecule has 14 heavy (non-hydrogen) atoms. The molecule has 0 aliphatic rings. The number of halogens is 3. The summed E-state index contributed by atoms with van der Waals surface area (Å²) >= 11 is 0. The molecule has 0 aliphatic heterocycles. The van der Waals surface area contributed by atoms with Gasteiger partial charge in [-0.3, -0.25) is 0 Å². The molecule has 0 aliphatic carbocycles. The fourth-order valence-corrected chi connectivity index (χ4v) is 1.23. The smallest absolute Gasteiger partial charge is 0.420 e. The van der Waals surface area contributed by atoms with E-state index >= 15 is 0 Å². The van der Waals surface area contributed by atoms with Crippen molar-refractivity contribution in [1.29, 1.82) is 0 Å². The lowest BCUT2D eigenvalue weighted by atomic mass is 10.1. The number of benzene rings is 1. The fourth-order valence-electron chi connectivity index (χ4n) is 1.23. The van der Waals surface area contributed by atoms with Gasteiger partial charge in [0.15, 0.2) is 0 Å². The van der Waals surface area contributed by atoms with E-state index in [2.05, 4.69) is 4.74 Å². The Kier molecular flexibility index (Phi) is 2.59. The van der Waals surface area contributed by atoms with Gasteiger partial charge in [-0.25, -0.2) is 0 Å². The lowest BCUT2D eigenvalue weighted by Crippen LogP contribution is -2.11. The van der Waals surface area contributed by atoms with Gasteiger partial charge in [0, 0.05) is 5.69 Å². The van der Waals surface area contributed by atoms with Crippen molar-refractivity contribution < 1.29 is 17.9 Å². The fraction of sp³-hybridized carbons (Fsp3) is 0.333. The minimum absolute atomic E-state index is 0.00292. The molecule has 0 saturated carbocycles. The number of hydrogen-bond acceptors (Lipinski definition) is 2. The molecular weight excluding hydrogens is 195 g/mol. The topological polar surface area (TPSA) is 35.2 Å². The average Bonchev–Trinajstić information content (AvgIpc) is 2.07. The van der Waals surface area contributed by atoms with Gasteiger partial charge in [0.25, 0.3) is 0 Å². The molecule has 0 radical (unpaired) electrons. The van der Waals surface area contributed by atoms with Crippen molar-refractivity contribution >= 4 is 5.69 Å². The van der Waals surface area contributed by atoms with Crippen molar-refractivity contribution in [2.45, 2.75) is 13.1 Å². The molecule has 0 unspecified atom stereocenters. The van der Waals surface area contributed by atoms with Crippen LogP contribution in [0.15, 0.2) is 12.1 Å². The summed E-state index contributed by atoms with van der Waals surface area (Å²) in [5.74, 6) is -0.204. The molecule has 0 atom stereocenters. The lowest BCUT2D eigenvalue weighted by molar-refractivity contribution is -0.139. The summed E-state index contributed by atoms with van der Waals surface area (Å²) in [5.41, 5.74) is 4.69. The molecule has 0 bridgehead atoms. The molecule has 0 saturated heterocycles. The monoisotopic (exact) mass is 205 g/mol. The van der Waals surface area contributed by atoms with Crippen molar-refractivity contribution in [1.82, 2.24) is 0 Å². The summed E-state index contributed by atoms with van der Waals surface area (Å²) in [7, 11) is 1.19. The van der Waals surface area contributed by atoms with Crippen LogP contribution in [-0.4, -0.2) is 7.11 Å². The first-order valence-electron chi connectivity index (χ1n) is 3.88. The first-order valence-corrected chi connectivity index (χ1v) is 3.88. The molecule has 0 aromatic heterocycles. The zero-order chi connectivity index (χ0) is 10.9. The Balaban J connectivity index is 3.44. The van der Waals surface area contributed by atoms with Crippen LogP contribution in [0.1, 0.15) is 11.1 Å². The quantitative estimate of drug-likeness (QED) is 0.715. The minimum atomic E-state index is -4.44. The van der Waals surface area contributed by atoms with Crippen molar-refractivity contribution in [3.8, 4) is 5.75 Å². The predicted molar refractivity (Wildman–Crippen MR) is 47.1 cm³/mol. The van der Waals surface area contributed by atoms with Gasteiger partial charge >= 0.3 is 6.18 Å². The highest BCUT2D eigenvalue weighted by atomic mass is 19.4. The zero-order valence-electron chi connectivity index (χ0n) is 7.77. The van der Waals surface area contributed by atoms with E-state index in [9.17, 15) is 13.2 Å². The number of rotatable bonds is 1. The third-order valence-corrected chi connectivity index (χ3v) is 1.97. The highest BCUT2D eigenvalue weighted by Gasteiger charge is 2.36. The summed E-state index contributed by atoms with van der Waals surface area (Å²) in [4.78, 5) is 0. The largest absolute Gasteiger partial charge is 0.496 e. The number of nitrogens with two attached hydrogens (primary N) is 1. The van der Waals surface area contributed by atoms with Gasteiger partial charge in [-0.15, -0.1) is 0 Å². The number of hydrogen-bond donors (Lipinski definition) is 1. The maximum Gasteiger partial charge on any atom is 0.420 e. The van der Waals surface area contributed by atoms with Gasteiger partial charge in [0.1, 0.15) is 11.3 Å². The Hall–Kier alpha value is -1.39. The van der Waals surface area contributed by atoms with E-state index in [-0.39, 0.29) is 17.0 Å². The van der Waals surface area contributed by atoms with Crippen LogP contribution < -0.4 is 10.5 Å². The third-order valence-electron chi connectivity index (χ3n) is 1.97. The molecule has 0 heterocycles. The maximum atomic E-state index is 12.5. The Morgan fingerprint density at radius 3 is 2.29 bits per heavy atom. The second kappa shape index (κ2) is 3.40. The van der Waals surface area contributed by atoms with Crippen LogP contribution in [0.25, 0.3) is 0 Å². The van der Waals surface area contributed by atoms with Crippen LogP contribution in [-0.2, 0) is 6.18 Å². The Labute approximate surface area is 79.5 Å². The zero-order valence-corrected chi connectivity index (χ0v) is 7.77. The number of anilines is 1. The summed E-state index contributed by atoms with van der Waals surface area (Å²) in [5, 5.41) is 0. The molecule has 1 aromatic carbocycles. The van der Waals surface area contributed by atoms with Gasteiger partial charge in [-0.1, -0.05) is 0 Å². The summed E-state index contributed by atoms with van der Waals surface area (Å²) in [6, 6.07) is 2.61. The molecular formula is C9H10F3NO. The van der Waals surface area contributed by atoms with Crippen LogP contribution in [0.3, 0.4) is 0 Å². The normalized spacial score (nSPS) is 11.5. The standard InChI is InChI=1S/C9H10F3NO/c1-5-6(13)3-4-7(14-2)8(5)9(10,11)12/h3-4H,13H2,1-2H3. The highest BCUT2D eigenvalue weighted by Crippen LogP contribution is 2.40. The summed E-state index contributed by atoms with van der Waals surface area (Å²) < 4.78 is 42.3. The van der Waals surface area contributed by atoms with Gasteiger partial charge in [0.05, 0.1) is 7.11 Å². The van der Waals surface area contributed by atoms with E-state index in [0.29, 0.717) is 0 Å². The van der Waals surface area contributed by atoms with E-state index in [0.717, 1.165) is 0 Å². The first-order chi connectivity index (χ1) is 6.38. The van der Waals surface area contributed by atoms with Crippen LogP contribution in [0, 0.1) is 6.92 Å². The van der Waals surface area contributed by atoms with E-state index < -0.39 is 11.7 Å². The molecule has 0 fully saturated rings. The molecule has 0 amide bonds. The second-order valence-electron chi connectivity index (χ2n) is 2.85. The van der Waals surface area contributed by atoms with Gasteiger partial charge in [-0.2, -0.15) is 13.2 Å². The van der Waals surface area contributed by atoms with E-state index in [4.69, 9.17) is 5.73 Å². The summed E-state index contributed by atoms with van der Waals surface area (Å²) in [6.45, 7) is 1.32. The molecule has 2 nitrogen and oxygen atoms in total. The van der Waals surface area contributed by atoms with Gasteiger partial charge in [-0.05, 0) is 24.6 Å². The second-order valence-corrected chi connectivity index (χ2v) is 2.85. The lowest BCUT2D eigenvalue weighted by Gasteiger charge is -2.15. The predicted octanol–water partition coefficient (Wildman–Crippen LogP) is 2.60. The Bertz CT molecular complexity index is 347. The van der Waals surface area contributed by atoms with Crippen LogP contribution in [0.5, 0.6) is 5.75 Å². The van der Waals surface area contributed by atoms with Crippen LogP contribution in [0.2, 0.25) is 0 Å². The third kappa shape index (κ3) is 1.76. The van der Waals surface area contributed by atoms with Crippen molar-refractivity contribution in [3.63, 3.8) is 0 Å². The number of ether oxygens (including phenoxy) is 1. The Morgan fingerprint density at radius 1 is 1.29 bits per heavy atom. The highest BCUT2D eigenvalue weighted by molar-refractivity contribution is 5.56. The molecule has 78 valence electrons. The van der Waals surface area contributed by atoms with Gasteiger partial charge < -0.3 is 10.5 Å². The number of methoxy groups -OCH3 is 1. The summed E-state index contributed by atoms with van der Waals surface area (Å²) in [6.07, 6.45) is -4.44. The number of alkyl halides is 3. The van der Waals surface area contributed by atoms with Crippen molar-refractivity contribution in [2.75, 3.05) is 12.8 Å². The molecule has 2 N–H and O–H groups in total.